The van der Waals surface area contributed by atoms with Gasteiger partial charge in [-0.25, -0.2) is 0 Å². The minimum atomic E-state index is -0.0592. The maximum atomic E-state index is 6.10. The molecule has 0 fully saturated rings. The number of rotatable bonds is 5. The molecule has 2 aromatic rings. The molecule has 1 atom stereocenters. The summed E-state index contributed by atoms with van der Waals surface area (Å²) in [5.74, 6) is 0.852. The average Bonchev–Trinajstić information content (AvgIpc) is 2.90. The van der Waals surface area contributed by atoms with E-state index in [0.29, 0.717) is 0 Å². The molecule has 0 radical (unpaired) electrons. The van der Waals surface area contributed by atoms with Crippen LogP contribution in [-0.2, 0) is 6.54 Å². The van der Waals surface area contributed by atoms with Gasteiger partial charge in [-0.15, -0.1) is 0 Å². The van der Waals surface area contributed by atoms with Gasteiger partial charge in [-0.3, -0.25) is 0 Å². The predicted molar refractivity (Wildman–Crippen MR) is 82.0 cm³/mol. The molecule has 1 aromatic heterocycles. The first-order valence-electron chi connectivity index (χ1n) is 6.28. The third-order valence-electron chi connectivity index (χ3n) is 3.13. The number of hydrogen-bond donors (Lipinski definition) is 1. The number of anilines is 1. The van der Waals surface area contributed by atoms with E-state index in [0.717, 1.165) is 23.5 Å². The Morgan fingerprint density at radius 3 is 2.74 bits per heavy atom. The molecule has 0 saturated heterocycles. The standard InChI is InChI=1S/C15H20N2OS/c1-11(16)15-13(5-4-6-14(15)18-3)17(2)9-12-7-8-19-10-12/h4-8,10-11H,9,16H2,1-3H3/t11-/m0/s1. The van der Waals surface area contributed by atoms with Crippen LogP contribution in [0.25, 0.3) is 0 Å². The minimum Gasteiger partial charge on any atom is -0.496 e. The van der Waals surface area contributed by atoms with Crippen molar-refractivity contribution in [3.8, 4) is 5.75 Å². The third kappa shape index (κ3) is 3.08. The maximum Gasteiger partial charge on any atom is 0.125 e. The van der Waals surface area contributed by atoms with Crippen LogP contribution in [0.1, 0.15) is 24.1 Å². The number of benzene rings is 1. The highest BCUT2D eigenvalue weighted by Gasteiger charge is 2.16. The van der Waals surface area contributed by atoms with Crippen LogP contribution in [-0.4, -0.2) is 14.2 Å². The molecule has 0 spiro atoms. The number of thiophene rings is 1. The van der Waals surface area contributed by atoms with Crippen LogP contribution < -0.4 is 15.4 Å². The van der Waals surface area contributed by atoms with Crippen LogP contribution >= 0.6 is 11.3 Å². The predicted octanol–water partition coefficient (Wildman–Crippen LogP) is 3.41. The number of methoxy groups -OCH3 is 1. The molecule has 1 heterocycles. The van der Waals surface area contributed by atoms with Crippen molar-refractivity contribution in [2.45, 2.75) is 19.5 Å². The van der Waals surface area contributed by atoms with Crippen LogP contribution in [0.5, 0.6) is 5.75 Å². The fraction of sp³-hybridized carbons (Fsp3) is 0.333. The number of nitrogens with zero attached hydrogens (tertiary/aromatic N) is 1. The Hall–Kier alpha value is -1.52. The van der Waals surface area contributed by atoms with E-state index < -0.39 is 0 Å². The molecular formula is C15H20N2OS. The van der Waals surface area contributed by atoms with Crippen molar-refractivity contribution in [3.05, 3.63) is 46.2 Å². The zero-order chi connectivity index (χ0) is 13.8. The van der Waals surface area contributed by atoms with E-state index in [-0.39, 0.29) is 6.04 Å². The van der Waals surface area contributed by atoms with Crippen molar-refractivity contribution in [2.24, 2.45) is 5.73 Å². The van der Waals surface area contributed by atoms with Crippen molar-refractivity contribution in [1.29, 1.82) is 0 Å². The van der Waals surface area contributed by atoms with Gasteiger partial charge in [-0.2, -0.15) is 11.3 Å². The summed E-state index contributed by atoms with van der Waals surface area (Å²) in [6.45, 7) is 2.86. The van der Waals surface area contributed by atoms with Crippen molar-refractivity contribution in [2.75, 3.05) is 19.1 Å². The van der Waals surface area contributed by atoms with Crippen molar-refractivity contribution in [3.63, 3.8) is 0 Å². The zero-order valence-electron chi connectivity index (χ0n) is 11.6. The molecule has 102 valence electrons. The quantitative estimate of drug-likeness (QED) is 0.909. The maximum absolute atomic E-state index is 6.10. The van der Waals surface area contributed by atoms with Crippen LogP contribution in [0.3, 0.4) is 0 Å². The van der Waals surface area contributed by atoms with Crippen LogP contribution in [0.15, 0.2) is 35.0 Å². The van der Waals surface area contributed by atoms with Gasteiger partial charge in [0.2, 0.25) is 0 Å². The summed E-state index contributed by atoms with van der Waals surface area (Å²) in [7, 11) is 3.77. The van der Waals surface area contributed by atoms with Gasteiger partial charge in [0.15, 0.2) is 0 Å². The Kier molecular flexibility index (Phi) is 4.45. The molecule has 0 bridgehead atoms. The molecule has 2 rings (SSSR count). The second-order valence-electron chi connectivity index (χ2n) is 4.67. The first-order valence-corrected chi connectivity index (χ1v) is 7.22. The molecule has 4 heteroatoms. The topological polar surface area (TPSA) is 38.5 Å². The second-order valence-corrected chi connectivity index (χ2v) is 5.45. The summed E-state index contributed by atoms with van der Waals surface area (Å²) in [4.78, 5) is 2.21. The Labute approximate surface area is 118 Å². The lowest BCUT2D eigenvalue weighted by Crippen LogP contribution is -2.20. The summed E-state index contributed by atoms with van der Waals surface area (Å²) < 4.78 is 5.43. The molecule has 1 aromatic carbocycles. The van der Waals surface area contributed by atoms with Crippen molar-refractivity contribution >= 4 is 17.0 Å². The molecule has 0 unspecified atom stereocenters. The summed E-state index contributed by atoms with van der Waals surface area (Å²) >= 11 is 1.72. The summed E-state index contributed by atoms with van der Waals surface area (Å²) in [6.07, 6.45) is 0. The second kappa shape index (κ2) is 6.08. The molecule has 0 aliphatic rings. The fourth-order valence-corrected chi connectivity index (χ4v) is 2.90. The van der Waals surface area contributed by atoms with Crippen molar-refractivity contribution < 1.29 is 4.74 Å². The Balaban J connectivity index is 2.32. The number of ether oxygens (including phenoxy) is 1. The minimum absolute atomic E-state index is 0.0592. The number of hydrogen-bond acceptors (Lipinski definition) is 4. The first-order chi connectivity index (χ1) is 9.13. The lowest BCUT2D eigenvalue weighted by Gasteiger charge is -2.25. The highest BCUT2D eigenvalue weighted by Crippen LogP contribution is 2.33. The van der Waals surface area contributed by atoms with E-state index in [2.05, 4.69) is 34.8 Å². The Bertz CT molecular complexity index is 523. The van der Waals surface area contributed by atoms with E-state index in [4.69, 9.17) is 10.5 Å². The molecular weight excluding hydrogens is 256 g/mol. The lowest BCUT2D eigenvalue weighted by molar-refractivity contribution is 0.407. The van der Waals surface area contributed by atoms with E-state index >= 15 is 0 Å². The van der Waals surface area contributed by atoms with Gasteiger partial charge < -0.3 is 15.4 Å². The molecule has 3 nitrogen and oxygen atoms in total. The molecule has 2 N–H and O–H groups in total. The largest absolute Gasteiger partial charge is 0.496 e. The highest BCUT2D eigenvalue weighted by molar-refractivity contribution is 7.07. The Morgan fingerprint density at radius 2 is 2.16 bits per heavy atom. The van der Waals surface area contributed by atoms with Gasteiger partial charge in [0.1, 0.15) is 5.75 Å². The normalized spacial score (nSPS) is 12.2. The molecule has 0 aliphatic heterocycles. The molecule has 0 amide bonds. The summed E-state index contributed by atoms with van der Waals surface area (Å²) in [5, 5.41) is 4.27. The average molecular weight is 276 g/mol. The Morgan fingerprint density at radius 1 is 1.37 bits per heavy atom. The van der Waals surface area contributed by atoms with Crippen LogP contribution in [0.2, 0.25) is 0 Å². The summed E-state index contributed by atoms with van der Waals surface area (Å²) in [5.41, 5.74) is 9.59. The molecule has 19 heavy (non-hydrogen) atoms. The van der Waals surface area contributed by atoms with Crippen LogP contribution in [0, 0.1) is 0 Å². The van der Waals surface area contributed by atoms with Gasteiger partial charge in [-0.1, -0.05) is 6.07 Å². The zero-order valence-corrected chi connectivity index (χ0v) is 12.4. The van der Waals surface area contributed by atoms with Gasteiger partial charge >= 0.3 is 0 Å². The van der Waals surface area contributed by atoms with E-state index in [9.17, 15) is 0 Å². The van der Waals surface area contributed by atoms with Crippen molar-refractivity contribution in [1.82, 2.24) is 0 Å². The molecule has 0 saturated carbocycles. The van der Waals surface area contributed by atoms with Gasteiger partial charge in [0.05, 0.1) is 7.11 Å². The fourth-order valence-electron chi connectivity index (χ4n) is 2.24. The first kappa shape index (κ1) is 13.9. The van der Waals surface area contributed by atoms with Gasteiger partial charge in [0, 0.05) is 30.9 Å². The van der Waals surface area contributed by atoms with E-state index in [1.165, 1.54) is 5.56 Å². The number of nitrogens with two attached hydrogens (primary N) is 1. The van der Waals surface area contributed by atoms with Gasteiger partial charge in [0.25, 0.3) is 0 Å². The van der Waals surface area contributed by atoms with E-state index in [1.807, 2.05) is 19.1 Å². The molecule has 0 aliphatic carbocycles. The van der Waals surface area contributed by atoms with Gasteiger partial charge in [-0.05, 0) is 41.4 Å². The van der Waals surface area contributed by atoms with E-state index in [1.54, 1.807) is 18.4 Å². The lowest BCUT2D eigenvalue weighted by atomic mass is 10.0. The SMILES string of the molecule is COc1cccc(N(C)Cc2ccsc2)c1[C@H](C)N. The summed E-state index contributed by atoms with van der Waals surface area (Å²) in [6, 6.07) is 8.14. The van der Waals surface area contributed by atoms with Crippen LogP contribution in [0.4, 0.5) is 5.69 Å². The third-order valence-corrected chi connectivity index (χ3v) is 3.86. The highest BCUT2D eigenvalue weighted by atomic mass is 32.1. The smallest absolute Gasteiger partial charge is 0.125 e. The monoisotopic (exact) mass is 276 g/mol.